The van der Waals surface area contributed by atoms with Gasteiger partial charge < -0.3 is 9.73 Å². The Morgan fingerprint density at radius 2 is 1.71 bits per heavy atom. The summed E-state index contributed by atoms with van der Waals surface area (Å²) in [5, 5.41) is 11.5. The largest absolute Gasteiger partial charge is 0.418 e. The quantitative estimate of drug-likeness (QED) is 0.747. The maximum Gasteiger partial charge on any atom is 0.247 e. The Hall–Kier alpha value is -2.14. The molecule has 0 spiro atoms. The highest BCUT2D eigenvalue weighted by Gasteiger charge is 2.14. The lowest BCUT2D eigenvalue weighted by Crippen LogP contribution is -2.06. The summed E-state index contributed by atoms with van der Waals surface area (Å²) in [6.07, 6.45) is 0. The molecule has 0 amide bonds. The number of hydrogen-bond acceptors (Lipinski definition) is 4. The first-order chi connectivity index (χ1) is 10.2. The second kappa shape index (κ2) is 6.10. The summed E-state index contributed by atoms with van der Waals surface area (Å²) in [6, 6.07) is 17.6. The van der Waals surface area contributed by atoms with Crippen LogP contribution in [0.2, 0.25) is 0 Å². The Kier molecular flexibility index (Phi) is 4.01. The van der Waals surface area contributed by atoms with Crippen LogP contribution in [0.15, 0.2) is 63.5 Å². The molecular formula is C16H14BrN3O. The van der Waals surface area contributed by atoms with E-state index in [2.05, 4.69) is 31.4 Å². The smallest absolute Gasteiger partial charge is 0.247 e. The summed E-state index contributed by atoms with van der Waals surface area (Å²) in [7, 11) is 0. The van der Waals surface area contributed by atoms with Gasteiger partial charge in [-0.05, 0) is 43.3 Å². The lowest BCUT2D eigenvalue weighted by molar-refractivity contribution is 0.485. The van der Waals surface area contributed by atoms with Crippen molar-refractivity contribution >= 4 is 21.6 Å². The van der Waals surface area contributed by atoms with E-state index in [1.165, 1.54) is 0 Å². The predicted molar refractivity (Wildman–Crippen MR) is 85.9 cm³/mol. The van der Waals surface area contributed by atoms with Gasteiger partial charge in [-0.25, -0.2) is 0 Å². The van der Waals surface area contributed by atoms with Gasteiger partial charge in [0.1, 0.15) is 6.04 Å². The van der Waals surface area contributed by atoms with Crippen molar-refractivity contribution in [3.63, 3.8) is 0 Å². The molecule has 3 aromatic rings. The second-order valence-electron chi connectivity index (χ2n) is 4.68. The highest BCUT2D eigenvalue weighted by atomic mass is 79.9. The highest BCUT2D eigenvalue weighted by Crippen LogP contribution is 2.23. The van der Waals surface area contributed by atoms with E-state index < -0.39 is 0 Å². The third-order valence-electron chi connectivity index (χ3n) is 3.06. The number of halogens is 1. The third-order valence-corrected chi connectivity index (χ3v) is 3.59. The van der Waals surface area contributed by atoms with Crippen molar-refractivity contribution in [2.24, 2.45) is 0 Å². The van der Waals surface area contributed by atoms with Gasteiger partial charge in [-0.1, -0.05) is 34.1 Å². The van der Waals surface area contributed by atoms with Crippen LogP contribution >= 0.6 is 15.9 Å². The van der Waals surface area contributed by atoms with E-state index in [1.54, 1.807) is 0 Å². The Morgan fingerprint density at radius 1 is 1.00 bits per heavy atom. The number of nitrogens with zero attached hydrogens (tertiary/aromatic N) is 2. The second-order valence-corrected chi connectivity index (χ2v) is 5.60. The molecule has 0 saturated carbocycles. The van der Waals surface area contributed by atoms with Gasteiger partial charge in [0.2, 0.25) is 11.8 Å². The van der Waals surface area contributed by atoms with Crippen molar-refractivity contribution < 1.29 is 4.42 Å². The van der Waals surface area contributed by atoms with Crippen LogP contribution in [-0.4, -0.2) is 10.2 Å². The summed E-state index contributed by atoms with van der Waals surface area (Å²) in [4.78, 5) is 0. The van der Waals surface area contributed by atoms with Gasteiger partial charge in [0, 0.05) is 15.7 Å². The maximum absolute atomic E-state index is 5.73. The van der Waals surface area contributed by atoms with Crippen LogP contribution in [0.1, 0.15) is 18.9 Å². The van der Waals surface area contributed by atoms with Gasteiger partial charge in [0.15, 0.2) is 0 Å². The van der Waals surface area contributed by atoms with E-state index in [-0.39, 0.29) is 6.04 Å². The molecule has 1 aromatic heterocycles. The van der Waals surface area contributed by atoms with E-state index in [9.17, 15) is 0 Å². The van der Waals surface area contributed by atoms with Crippen LogP contribution in [0.4, 0.5) is 5.69 Å². The fraction of sp³-hybridized carbons (Fsp3) is 0.125. The molecule has 3 rings (SSSR count). The molecule has 0 radical (unpaired) electrons. The van der Waals surface area contributed by atoms with Gasteiger partial charge in [0.05, 0.1) is 0 Å². The normalized spacial score (nSPS) is 12.1. The molecule has 1 N–H and O–H groups in total. The first kappa shape index (κ1) is 13.8. The van der Waals surface area contributed by atoms with E-state index in [1.807, 2.05) is 61.5 Å². The lowest BCUT2D eigenvalue weighted by Gasteiger charge is -2.11. The van der Waals surface area contributed by atoms with Crippen molar-refractivity contribution in [3.8, 4) is 11.5 Å². The summed E-state index contributed by atoms with van der Waals surface area (Å²) in [5.41, 5.74) is 1.93. The molecule has 0 bridgehead atoms. The fourth-order valence-corrected chi connectivity index (χ4v) is 2.23. The molecule has 0 saturated heterocycles. The SMILES string of the molecule is C[C@H](Nc1ccc(Br)cc1)c1nnc(-c2ccccc2)o1. The highest BCUT2D eigenvalue weighted by molar-refractivity contribution is 9.10. The fourth-order valence-electron chi connectivity index (χ4n) is 1.96. The maximum atomic E-state index is 5.73. The Bertz CT molecular complexity index is 710. The van der Waals surface area contributed by atoms with Gasteiger partial charge in [-0.2, -0.15) is 0 Å². The van der Waals surface area contributed by atoms with Crippen molar-refractivity contribution in [2.45, 2.75) is 13.0 Å². The van der Waals surface area contributed by atoms with Crippen LogP contribution < -0.4 is 5.32 Å². The molecule has 0 fully saturated rings. The molecular weight excluding hydrogens is 330 g/mol. The Balaban J connectivity index is 1.75. The van der Waals surface area contributed by atoms with Crippen LogP contribution in [0.3, 0.4) is 0 Å². The molecule has 4 nitrogen and oxygen atoms in total. The summed E-state index contributed by atoms with van der Waals surface area (Å²) in [5.74, 6) is 1.10. The van der Waals surface area contributed by atoms with Crippen LogP contribution in [0, 0.1) is 0 Å². The predicted octanol–water partition coefficient (Wildman–Crippen LogP) is 4.67. The Labute approximate surface area is 131 Å². The molecule has 106 valence electrons. The minimum Gasteiger partial charge on any atom is -0.418 e. The molecule has 5 heteroatoms. The molecule has 0 aliphatic carbocycles. The molecule has 1 atom stereocenters. The van der Waals surface area contributed by atoms with E-state index >= 15 is 0 Å². The van der Waals surface area contributed by atoms with Gasteiger partial charge in [-0.3, -0.25) is 0 Å². The standard InChI is InChI=1S/C16H14BrN3O/c1-11(18-14-9-7-13(17)8-10-14)15-19-20-16(21-15)12-5-3-2-4-6-12/h2-11,18H,1H3/t11-/m0/s1. The first-order valence-corrected chi connectivity index (χ1v) is 7.42. The molecule has 0 unspecified atom stereocenters. The first-order valence-electron chi connectivity index (χ1n) is 6.63. The van der Waals surface area contributed by atoms with Crippen LogP contribution in [-0.2, 0) is 0 Å². The zero-order chi connectivity index (χ0) is 14.7. The summed E-state index contributed by atoms with van der Waals surface area (Å²) in [6.45, 7) is 1.99. The summed E-state index contributed by atoms with van der Waals surface area (Å²) < 4.78 is 6.78. The average Bonchev–Trinajstić information content (AvgIpc) is 3.00. The molecule has 0 aliphatic heterocycles. The molecule has 21 heavy (non-hydrogen) atoms. The van der Waals surface area contributed by atoms with E-state index in [4.69, 9.17) is 4.42 Å². The minimum absolute atomic E-state index is 0.0591. The summed E-state index contributed by atoms with van der Waals surface area (Å²) >= 11 is 3.42. The van der Waals surface area contributed by atoms with Crippen LogP contribution in [0.5, 0.6) is 0 Å². The van der Waals surface area contributed by atoms with Crippen molar-refractivity contribution in [1.29, 1.82) is 0 Å². The number of rotatable bonds is 4. The van der Waals surface area contributed by atoms with Gasteiger partial charge in [0.25, 0.3) is 0 Å². The average molecular weight is 344 g/mol. The zero-order valence-corrected chi connectivity index (χ0v) is 13.0. The number of nitrogens with one attached hydrogen (secondary N) is 1. The molecule has 0 aliphatic rings. The van der Waals surface area contributed by atoms with E-state index in [0.717, 1.165) is 15.7 Å². The zero-order valence-electron chi connectivity index (χ0n) is 11.5. The Morgan fingerprint density at radius 3 is 2.43 bits per heavy atom. The van der Waals surface area contributed by atoms with Gasteiger partial charge in [-0.15, -0.1) is 10.2 Å². The number of benzene rings is 2. The van der Waals surface area contributed by atoms with Crippen LogP contribution in [0.25, 0.3) is 11.5 Å². The van der Waals surface area contributed by atoms with Crippen molar-refractivity contribution in [3.05, 3.63) is 65.0 Å². The third kappa shape index (κ3) is 3.31. The minimum atomic E-state index is -0.0591. The molecule has 1 heterocycles. The topological polar surface area (TPSA) is 51.0 Å². The monoisotopic (exact) mass is 343 g/mol. The van der Waals surface area contributed by atoms with Crippen molar-refractivity contribution in [1.82, 2.24) is 10.2 Å². The molecule has 2 aromatic carbocycles. The number of anilines is 1. The van der Waals surface area contributed by atoms with E-state index in [0.29, 0.717) is 11.8 Å². The lowest BCUT2D eigenvalue weighted by atomic mass is 10.2. The number of aromatic nitrogens is 2. The van der Waals surface area contributed by atoms with Gasteiger partial charge >= 0.3 is 0 Å². The number of hydrogen-bond donors (Lipinski definition) is 1. The van der Waals surface area contributed by atoms with Crippen molar-refractivity contribution in [2.75, 3.05) is 5.32 Å².